The molecule has 0 aliphatic heterocycles. The predicted octanol–water partition coefficient (Wildman–Crippen LogP) is 1.56. The van der Waals surface area contributed by atoms with Gasteiger partial charge in [-0.15, -0.1) is 0 Å². The van der Waals surface area contributed by atoms with E-state index in [4.69, 9.17) is 9.94 Å². The summed E-state index contributed by atoms with van der Waals surface area (Å²) in [5.74, 6) is 0.706. The van der Waals surface area contributed by atoms with Crippen LogP contribution in [0.25, 0.3) is 0 Å². The molecule has 2 aliphatic rings. The molecule has 2 saturated carbocycles. The monoisotopic (exact) mass is 241 g/mol. The molecule has 4 nitrogen and oxygen atoms in total. The third kappa shape index (κ3) is 2.08. The second-order valence-corrected chi connectivity index (χ2v) is 6.29. The lowest BCUT2D eigenvalue weighted by Gasteiger charge is -2.34. The van der Waals surface area contributed by atoms with Gasteiger partial charge in [-0.05, 0) is 25.2 Å². The van der Waals surface area contributed by atoms with Crippen molar-refractivity contribution >= 4 is 5.71 Å². The van der Waals surface area contributed by atoms with Crippen molar-refractivity contribution in [3.8, 4) is 0 Å². The highest BCUT2D eigenvalue weighted by Gasteiger charge is 2.57. The van der Waals surface area contributed by atoms with E-state index in [2.05, 4.69) is 25.9 Å². The first kappa shape index (κ1) is 12.8. The molecule has 0 aromatic carbocycles. The maximum Gasteiger partial charge on any atom is 0.145 e. The van der Waals surface area contributed by atoms with Crippen LogP contribution in [0.4, 0.5) is 0 Å². The molecule has 0 amide bonds. The lowest BCUT2D eigenvalue weighted by atomic mass is 9.71. The SMILES string of the molecule is CC1(C)/C(=N\OC[C@H](O)CO)[C@]2(C)CC[C@H]1C2. The Hall–Kier alpha value is -0.610. The fourth-order valence-corrected chi connectivity index (χ4v) is 3.51. The molecule has 0 spiro atoms. The van der Waals surface area contributed by atoms with E-state index >= 15 is 0 Å². The van der Waals surface area contributed by atoms with Gasteiger partial charge in [0.1, 0.15) is 12.7 Å². The van der Waals surface area contributed by atoms with Gasteiger partial charge >= 0.3 is 0 Å². The van der Waals surface area contributed by atoms with E-state index < -0.39 is 6.10 Å². The van der Waals surface area contributed by atoms with Gasteiger partial charge in [0.2, 0.25) is 0 Å². The minimum absolute atomic E-state index is 0.0663. The number of aliphatic hydroxyl groups is 2. The van der Waals surface area contributed by atoms with Crippen LogP contribution in [0.15, 0.2) is 5.16 Å². The molecule has 4 heteroatoms. The summed E-state index contributed by atoms with van der Waals surface area (Å²) in [7, 11) is 0. The fraction of sp³-hybridized carbons (Fsp3) is 0.923. The maximum atomic E-state index is 9.21. The Morgan fingerprint density at radius 1 is 1.47 bits per heavy atom. The summed E-state index contributed by atoms with van der Waals surface area (Å²) in [5.41, 5.74) is 1.42. The molecule has 3 atom stereocenters. The normalized spacial score (nSPS) is 38.6. The van der Waals surface area contributed by atoms with Crippen LogP contribution >= 0.6 is 0 Å². The van der Waals surface area contributed by atoms with Gasteiger partial charge in [-0.2, -0.15) is 0 Å². The standard InChI is InChI=1S/C13H23NO3/c1-12(2)9-4-5-13(3,6-9)11(12)14-17-8-10(16)7-15/h9-10,15-16H,4-8H2,1-3H3/b14-11+/t9-,10+,13+/m0/s1. The largest absolute Gasteiger partial charge is 0.394 e. The number of hydrogen-bond acceptors (Lipinski definition) is 4. The van der Waals surface area contributed by atoms with Crippen LogP contribution in [0.5, 0.6) is 0 Å². The summed E-state index contributed by atoms with van der Waals surface area (Å²) in [6.07, 6.45) is 2.83. The minimum Gasteiger partial charge on any atom is -0.394 e. The number of nitrogens with zero attached hydrogens (tertiary/aromatic N) is 1. The lowest BCUT2D eigenvalue weighted by Crippen LogP contribution is -2.36. The van der Waals surface area contributed by atoms with Crippen molar-refractivity contribution in [3.63, 3.8) is 0 Å². The van der Waals surface area contributed by atoms with Crippen LogP contribution in [0.1, 0.15) is 40.0 Å². The van der Waals surface area contributed by atoms with E-state index in [1.165, 1.54) is 19.3 Å². The zero-order valence-corrected chi connectivity index (χ0v) is 10.9. The van der Waals surface area contributed by atoms with Crippen molar-refractivity contribution in [3.05, 3.63) is 0 Å². The number of aliphatic hydroxyl groups excluding tert-OH is 2. The zero-order valence-electron chi connectivity index (χ0n) is 10.9. The van der Waals surface area contributed by atoms with Crippen LogP contribution in [-0.4, -0.2) is 35.2 Å². The summed E-state index contributed by atoms with van der Waals surface area (Å²) in [5, 5.41) is 22.2. The Bertz CT molecular complexity index is 320. The molecular formula is C13H23NO3. The molecule has 0 saturated heterocycles. The van der Waals surface area contributed by atoms with Gasteiger partial charge in [0.25, 0.3) is 0 Å². The second-order valence-electron chi connectivity index (χ2n) is 6.29. The fourth-order valence-electron chi connectivity index (χ4n) is 3.51. The summed E-state index contributed by atoms with van der Waals surface area (Å²) < 4.78 is 0. The lowest BCUT2D eigenvalue weighted by molar-refractivity contribution is 0.00656. The van der Waals surface area contributed by atoms with Crippen molar-refractivity contribution in [2.24, 2.45) is 21.9 Å². The van der Waals surface area contributed by atoms with Gasteiger partial charge in [-0.25, -0.2) is 0 Å². The summed E-state index contributed by atoms with van der Waals surface area (Å²) in [6, 6.07) is 0. The van der Waals surface area contributed by atoms with Crippen LogP contribution in [0, 0.1) is 16.7 Å². The Kier molecular flexibility index (Phi) is 3.21. The first-order valence-electron chi connectivity index (χ1n) is 6.40. The van der Waals surface area contributed by atoms with Gasteiger partial charge in [-0.3, -0.25) is 0 Å². The molecule has 0 aromatic rings. The topological polar surface area (TPSA) is 62.0 Å². The van der Waals surface area contributed by atoms with E-state index in [9.17, 15) is 5.11 Å². The summed E-state index contributed by atoms with van der Waals surface area (Å²) in [6.45, 7) is 6.50. The zero-order chi connectivity index (χ0) is 12.7. The Balaban J connectivity index is 2.06. The van der Waals surface area contributed by atoms with Gasteiger partial charge in [-0.1, -0.05) is 25.9 Å². The van der Waals surface area contributed by atoms with Crippen molar-refractivity contribution in [2.75, 3.05) is 13.2 Å². The van der Waals surface area contributed by atoms with Crippen LogP contribution in [0.3, 0.4) is 0 Å². The van der Waals surface area contributed by atoms with Crippen molar-refractivity contribution in [1.82, 2.24) is 0 Å². The third-order valence-corrected chi connectivity index (χ3v) is 4.58. The van der Waals surface area contributed by atoms with Gasteiger partial charge < -0.3 is 15.1 Å². The van der Waals surface area contributed by atoms with Crippen molar-refractivity contribution in [1.29, 1.82) is 0 Å². The number of oxime groups is 1. The maximum absolute atomic E-state index is 9.21. The summed E-state index contributed by atoms with van der Waals surface area (Å²) in [4.78, 5) is 5.20. The van der Waals surface area contributed by atoms with Gasteiger partial charge in [0.15, 0.2) is 0 Å². The molecule has 2 bridgehead atoms. The van der Waals surface area contributed by atoms with E-state index in [0.717, 1.165) is 5.71 Å². The molecule has 98 valence electrons. The molecule has 0 heterocycles. The molecule has 0 unspecified atom stereocenters. The van der Waals surface area contributed by atoms with E-state index in [1.807, 2.05) is 0 Å². The Morgan fingerprint density at radius 3 is 2.71 bits per heavy atom. The molecule has 2 fully saturated rings. The van der Waals surface area contributed by atoms with E-state index in [0.29, 0.717) is 5.92 Å². The highest BCUT2D eigenvalue weighted by atomic mass is 16.6. The average Bonchev–Trinajstić information content (AvgIpc) is 2.73. The van der Waals surface area contributed by atoms with Crippen LogP contribution in [0.2, 0.25) is 0 Å². The first-order valence-corrected chi connectivity index (χ1v) is 6.40. The van der Waals surface area contributed by atoms with E-state index in [-0.39, 0.29) is 24.0 Å². The molecule has 2 N–H and O–H groups in total. The van der Waals surface area contributed by atoms with Gasteiger partial charge in [0.05, 0.1) is 12.3 Å². The second kappa shape index (κ2) is 4.25. The predicted molar refractivity (Wildman–Crippen MR) is 65.7 cm³/mol. The van der Waals surface area contributed by atoms with Crippen LogP contribution < -0.4 is 0 Å². The van der Waals surface area contributed by atoms with Crippen LogP contribution in [-0.2, 0) is 4.84 Å². The molecular weight excluding hydrogens is 218 g/mol. The quantitative estimate of drug-likeness (QED) is 0.734. The number of hydrogen-bond donors (Lipinski definition) is 2. The molecule has 0 aromatic heterocycles. The summed E-state index contributed by atoms with van der Waals surface area (Å²) >= 11 is 0. The highest BCUT2D eigenvalue weighted by molar-refractivity contribution is 5.97. The smallest absolute Gasteiger partial charge is 0.145 e. The molecule has 17 heavy (non-hydrogen) atoms. The third-order valence-electron chi connectivity index (χ3n) is 4.58. The van der Waals surface area contributed by atoms with E-state index in [1.54, 1.807) is 0 Å². The Morgan fingerprint density at radius 2 is 2.18 bits per heavy atom. The molecule has 0 radical (unpaired) electrons. The first-order chi connectivity index (χ1) is 7.90. The van der Waals surface area contributed by atoms with Crippen molar-refractivity contribution in [2.45, 2.75) is 46.1 Å². The average molecular weight is 241 g/mol. The molecule has 2 rings (SSSR count). The minimum atomic E-state index is -0.839. The number of fused-ring (bicyclic) bond motifs is 2. The number of rotatable bonds is 4. The van der Waals surface area contributed by atoms with Gasteiger partial charge in [0, 0.05) is 10.8 Å². The Labute approximate surface area is 103 Å². The van der Waals surface area contributed by atoms with Crippen molar-refractivity contribution < 1.29 is 15.1 Å². The highest BCUT2D eigenvalue weighted by Crippen LogP contribution is 2.60. The molecule has 2 aliphatic carbocycles.